The summed E-state index contributed by atoms with van der Waals surface area (Å²) >= 11 is 12.3. The van der Waals surface area contributed by atoms with Crippen molar-refractivity contribution in [3.8, 4) is 11.5 Å². The summed E-state index contributed by atoms with van der Waals surface area (Å²) in [6, 6.07) is 10.4. The van der Waals surface area contributed by atoms with Gasteiger partial charge < -0.3 is 9.47 Å². The van der Waals surface area contributed by atoms with Crippen molar-refractivity contribution in [1.29, 1.82) is 0 Å². The highest BCUT2D eigenvalue weighted by Gasteiger charge is 2.28. The van der Waals surface area contributed by atoms with Crippen LogP contribution in [0.25, 0.3) is 6.08 Å². The van der Waals surface area contributed by atoms with Gasteiger partial charge in [0.1, 0.15) is 6.61 Å². The van der Waals surface area contributed by atoms with Crippen molar-refractivity contribution in [2.45, 2.75) is 13.8 Å². The smallest absolute Gasteiger partial charge is 0.280 e. The number of rotatable bonds is 7. The Kier molecular flexibility index (Phi) is 6.62. The molecule has 29 heavy (non-hydrogen) atoms. The van der Waals surface area contributed by atoms with Crippen molar-refractivity contribution in [3.05, 3.63) is 70.2 Å². The number of hydrogen-bond donors (Lipinski definition) is 0. The summed E-state index contributed by atoms with van der Waals surface area (Å²) in [6.45, 7) is 8.05. The van der Waals surface area contributed by atoms with Gasteiger partial charge in [0.05, 0.1) is 28.6 Å². The number of ether oxygens (including phenoxy) is 2. The SMILES string of the molecule is C=CCOc1c(Cl)cc(/C=C2\C(=O)N(c3ccc(Cl)cc3)N=C2C)cc1OCC. The van der Waals surface area contributed by atoms with E-state index in [1.54, 1.807) is 55.5 Å². The molecule has 7 heteroatoms. The molecule has 0 atom stereocenters. The molecule has 0 spiro atoms. The van der Waals surface area contributed by atoms with Crippen LogP contribution in [0.15, 0.2) is 59.7 Å². The second kappa shape index (κ2) is 9.16. The molecule has 1 heterocycles. The minimum Gasteiger partial charge on any atom is -0.490 e. The van der Waals surface area contributed by atoms with E-state index >= 15 is 0 Å². The van der Waals surface area contributed by atoms with Gasteiger partial charge in [0.2, 0.25) is 0 Å². The summed E-state index contributed by atoms with van der Waals surface area (Å²) < 4.78 is 11.3. The molecule has 0 radical (unpaired) electrons. The standard InChI is InChI=1S/C22H20Cl2N2O3/c1-4-10-29-21-19(24)12-15(13-20(21)28-5-2)11-18-14(3)25-26(22(18)27)17-8-6-16(23)7-9-17/h4,6-9,11-13H,1,5,10H2,2-3H3/b18-11-. The molecule has 0 unspecified atom stereocenters. The fourth-order valence-electron chi connectivity index (χ4n) is 2.82. The van der Waals surface area contributed by atoms with Crippen LogP contribution in [0.3, 0.4) is 0 Å². The lowest BCUT2D eigenvalue weighted by Gasteiger charge is -2.14. The largest absolute Gasteiger partial charge is 0.490 e. The van der Waals surface area contributed by atoms with Gasteiger partial charge in [0, 0.05) is 5.02 Å². The molecule has 0 fully saturated rings. The Balaban J connectivity index is 1.95. The van der Waals surface area contributed by atoms with Crippen molar-refractivity contribution < 1.29 is 14.3 Å². The Bertz CT molecular complexity index is 998. The molecule has 5 nitrogen and oxygen atoms in total. The van der Waals surface area contributed by atoms with Gasteiger partial charge in [-0.1, -0.05) is 35.9 Å². The lowest BCUT2D eigenvalue weighted by molar-refractivity contribution is -0.114. The highest BCUT2D eigenvalue weighted by atomic mass is 35.5. The summed E-state index contributed by atoms with van der Waals surface area (Å²) in [7, 11) is 0. The number of nitrogens with zero attached hydrogens (tertiary/aromatic N) is 2. The van der Waals surface area contributed by atoms with Crippen LogP contribution in [0.4, 0.5) is 5.69 Å². The highest BCUT2D eigenvalue weighted by molar-refractivity contribution is 6.34. The summed E-state index contributed by atoms with van der Waals surface area (Å²) in [4.78, 5) is 12.9. The molecule has 1 aliphatic rings. The van der Waals surface area contributed by atoms with Crippen LogP contribution in [-0.4, -0.2) is 24.8 Å². The van der Waals surface area contributed by atoms with Gasteiger partial charge in [-0.15, -0.1) is 0 Å². The first kappa shape index (κ1) is 21.0. The molecule has 2 aromatic rings. The topological polar surface area (TPSA) is 51.1 Å². The van der Waals surface area contributed by atoms with Crippen LogP contribution in [0.5, 0.6) is 11.5 Å². The Morgan fingerprint density at radius 3 is 2.55 bits per heavy atom. The van der Waals surface area contributed by atoms with Crippen LogP contribution >= 0.6 is 23.2 Å². The van der Waals surface area contributed by atoms with E-state index in [4.69, 9.17) is 32.7 Å². The number of hydrazone groups is 1. The molecule has 150 valence electrons. The van der Waals surface area contributed by atoms with Crippen LogP contribution in [0.2, 0.25) is 10.0 Å². The lowest BCUT2D eigenvalue weighted by atomic mass is 10.1. The molecule has 0 saturated carbocycles. The third-order valence-corrected chi connectivity index (χ3v) is 4.65. The second-order valence-corrected chi connectivity index (χ2v) is 7.04. The zero-order valence-electron chi connectivity index (χ0n) is 16.1. The number of benzene rings is 2. The summed E-state index contributed by atoms with van der Waals surface area (Å²) in [5, 5.41) is 6.71. The monoisotopic (exact) mass is 430 g/mol. The minimum atomic E-state index is -0.231. The van der Waals surface area contributed by atoms with E-state index in [1.165, 1.54) is 5.01 Å². The number of halogens is 2. The van der Waals surface area contributed by atoms with Gasteiger partial charge in [-0.05, 0) is 61.9 Å². The molecule has 0 N–H and O–H groups in total. The van der Waals surface area contributed by atoms with Crippen molar-refractivity contribution >= 4 is 46.6 Å². The van der Waals surface area contributed by atoms with Crippen LogP contribution in [0, 0.1) is 0 Å². The number of amides is 1. The van der Waals surface area contributed by atoms with Crippen molar-refractivity contribution in [2.24, 2.45) is 5.10 Å². The van der Waals surface area contributed by atoms with Crippen LogP contribution in [-0.2, 0) is 4.79 Å². The third kappa shape index (κ3) is 4.63. The molecular weight excluding hydrogens is 411 g/mol. The average molecular weight is 431 g/mol. The molecule has 0 bridgehead atoms. The first-order chi connectivity index (χ1) is 13.9. The minimum absolute atomic E-state index is 0.231. The van der Waals surface area contributed by atoms with Crippen molar-refractivity contribution in [2.75, 3.05) is 18.2 Å². The maximum absolute atomic E-state index is 12.9. The van der Waals surface area contributed by atoms with Gasteiger partial charge in [-0.2, -0.15) is 10.1 Å². The average Bonchev–Trinajstić information content (AvgIpc) is 2.96. The first-order valence-electron chi connectivity index (χ1n) is 9.02. The third-order valence-electron chi connectivity index (χ3n) is 4.12. The fraction of sp³-hybridized carbons (Fsp3) is 0.182. The number of anilines is 1. The van der Waals surface area contributed by atoms with Crippen LogP contribution < -0.4 is 14.5 Å². The number of carbonyl (C=O) groups is 1. The maximum Gasteiger partial charge on any atom is 0.280 e. The predicted octanol–water partition coefficient (Wildman–Crippen LogP) is 5.76. The molecule has 1 amide bonds. The quantitative estimate of drug-likeness (QED) is 0.414. The van der Waals surface area contributed by atoms with Crippen molar-refractivity contribution in [1.82, 2.24) is 0 Å². The summed E-state index contributed by atoms with van der Waals surface area (Å²) in [6.07, 6.45) is 3.37. The maximum atomic E-state index is 12.9. The summed E-state index contributed by atoms with van der Waals surface area (Å²) in [5.41, 5.74) is 2.42. The normalized spacial score (nSPS) is 14.9. The molecule has 0 aliphatic carbocycles. The number of hydrogen-bond acceptors (Lipinski definition) is 4. The van der Waals surface area contributed by atoms with E-state index in [9.17, 15) is 4.79 Å². The Morgan fingerprint density at radius 1 is 1.17 bits per heavy atom. The molecule has 2 aromatic carbocycles. The zero-order chi connectivity index (χ0) is 21.0. The zero-order valence-corrected chi connectivity index (χ0v) is 17.6. The Labute approximate surface area is 179 Å². The van der Waals surface area contributed by atoms with Crippen molar-refractivity contribution in [3.63, 3.8) is 0 Å². The Hall–Kier alpha value is -2.76. The molecule has 0 saturated heterocycles. The predicted molar refractivity (Wildman–Crippen MR) is 118 cm³/mol. The van der Waals surface area contributed by atoms with E-state index in [0.29, 0.717) is 57.3 Å². The fourth-order valence-corrected chi connectivity index (χ4v) is 3.22. The Morgan fingerprint density at radius 2 is 1.90 bits per heavy atom. The van der Waals surface area contributed by atoms with E-state index < -0.39 is 0 Å². The molecule has 0 aromatic heterocycles. The van der Waals surface area contributed by atoms with Gasteiger partial charge in [0.25, 0.3) is 5.91 Å². The van der Waals surface area contributed by atoms with Gasteiger partial charge in [-0.25, -0.2) is 0 Å². The first-order valence-corrected chi connectivity index (χ1v) is 9.77. The van der Waals surface area contributed by atoms with Gasteiger partial charge in [-0.3, -0.25) is 4.79 Å². The van der Waals surface area contributed by atoms with E-state index in [2.05, 4.69) is 11.7 Å². The molecular formula is C22H20Cl2N2O3. The second-order valence-electron chi connectivity index (χ2n) is 6.20. The van der Waals surface area contributed by atoms with Crippen LogP contribution in [0.1, 0.15) is 19.4 Å². The number of carbonyl (C=O) groups excluding carboxylic acids is 1. The van der Waals surface area contributed by atoms with Gasteiger partial charge >= 0.3 is 0 Å². The highest BCUT2D eigenvalue weighted by Crippen LogP contribution is 2.38. The molecule has 3 rings (SSSR count). The van der Waals surface area contributed by atoms with E-state index in [1.807, 2.05) is 6.92 Å². The van der Waals surface area contributed by atoms with E-state index in [0.717, 1.165) is 0 Å². The van der Waals surface area contributed by atoms with Gasteiger partial charge in [0.15, 0.2) is 11.5 Å². The molecule has 1 aliphatic heterocycles. The lowest BCUT2D eigenvalue weighted by Crippen LogP contribution is -2.21. The van der Waals surface area contributed by atoms with E-state index in [-0.39, 0.29) is 5.91 Å². The summed E-state index contributed by atoms with van der Waals surface area (Å²) in [5.74, 6) is 0.718.